The summed E-state index contributed by atoms with van der Waals surface area (Å²) in [7, 11) is 1.48. The van der Waals surface area contributed by atoms with Gasteiger partial charge in [-0.25, -0.2) is 15.0 Å². The van der Waals surface area contributed by atoms with Crippen molar-refractivity contribution < 1.29 is 15.0 Å². The number of aromatic hydroxyl groups is 1. The van der Waals surface area contributed by atoms with Crippen molar-refractivity contribution in [2.24, 2.45) is 12.1 Å². The molecule has 0 spiro atoms. The lowest BCUT2D eigenvalue weighted by molar-refractivity contribution is 0.0693. The number of carbonyl (C=O) groups is 1. The van der Waals surface area contributed by atoms with Gasteiger partial charge in [0.25, 0.3) is 5.56 Å². The zero-order valence-electron chi connectivity index (χ0n) is 14.7. The van der Waals surface area contributed by atoms with Crippen LogP contribution in [-0.4, -0.2) is 41.5 Å². The summed E-state index contributed by atoms with van der Waals surface area (Å²) < 4.78 is 3.14. The Kier molecular flexibility index (Phi) is 5.05. The molecule has 12 heteroatoms. The molecule has 28 heavy (non-hydrogen) atoms. The van der Waals surface area contributed by atoms with Crippen molar-refractivity contribution >= 4 is 45.2 Å². The second-order valence-corrected chi connectivity index (χ2v) is 6.55. The number of hydrogen-bond donors (Lipinski definition) is 4. The maximum absolute atomic E-state index is 12.1. The summed E-state index contributed by atoms with van der Waals surface area (Å²) in [6.45, 7) is 2.15. The molecular weight excluding hydrogens is 436 g/mol. The number of halogens is 1. The van der Waals surface area contributed by atoms with Crippen molar-refractivity contribution in [1.82, 2.24) is 19.1 Å². The van der Waals surface area contributed by atoms with Crippen molar-refractivity contribution in [3.8, 4) is 5.75 Å². The number of nitrogens with one attached hydrogen (secondary N) is 2. The first kappa shape index (κ1) is 19.4. The molecule has 1 aromatic carbocycles. The van der Waals surface area contributed by atoms with Gasteiger partial charge >= 0.3 is 11.7 Å². The molecule has 2 heterocycles. The number of H-pyrrole nitrogens is 1. The highest BCUT2D eigenvalue weighted by Crippen LogP contribution is 2.27. The highest BCUT2D eigenvalue weighted by Gasteiger charge is 2.18. The topological polar surface area (TPSA) is 155 Å². The average molecular weight is 451 g/mol. The third-order valence-corrected chi connectivity index (χ3v) is 4.76. The zero-order valence-corrected chi connectivity index (χ0v) is 16.3. The number of fused-ring (bicyclic) bond motifs is 1. The summed E-state index contributed by atoms with van der Waals surface area (Å²) in [6, 6.07) is 2.74. The summed E-state index contributed by atoms with van der Waals surface area (Å²) in [5.41, 5.74) is 1.68. The van der Waals surface area contributed by atoms with Crippen LogP contribution in [0.1, 0.15) is 22.8 Å². The molecule has 2 aromatic heterocycles. The van der Waals surface area contributed by atoms with Gasteiger partial charge in [-0.1, -0.05) is 15.9 Å². The van der Waals surface area contributed by atoms with E-state index in [1.165, 1.54) is 34.5 Å². The Labute approximate surface area is 165 Å². The van der Waals surface area contributed by atoms with Crippen LogP contribution < -0.4 is 16.7 Å². The summed E-state index contributed by atoms with van der Waals surface area (Å²) in [6.07, 6.45) is 1.20. The van der Waals surface area contributed by atoms with Crippen LogP contribution in [0.3, 0.4) is 0 Å². The van der Waals surface area contributed by atoms with E-state index in [1.807, 2.05) is 0 Å². The second-order valence-electron chi connectivity index (χ2n) is 5.70. The Balaban J connectivity index is 2.06. The van der Waals surface area contributed by atoms with Gasteiger partial charge in [0.2, 0.25) is 5.95 Å². The molecule has 0 unspecified atom stereocenters. The van der Waals surface area contributed by atoms with E-state index in [9.17, 15) is 24.6 Å². The molecular formula is C16H15BrN6O5. The Morgan fingerprint density at radius 3 is 2.79 bits per heavy atom. The number of aromatic nitrogens is 4. The number of benzene rings is 1. The molecule has 0 aliphatic carbocycles. The lowest BCUT2D eigenvalue weighted by atomic mass is 10.1. The van der Waals surface area contributed by atoms with Crippen LogP contribution in [0.4, 0.5) is 5.95 Å². The molecule has 0 amide bonds. The van der Waals surface area contributed by atoms with E-state index in [0.29, 0.717) is 11.0 Å². The smallest absolute Gasteiger partial charge is 0.340 e. The normalized spacial score (nSPS) is 11.4. The fourth-order valence-corrected chi connectivity index (χ4v) is 3.15. The first-order valence-corrected chi connectivity index (χ1v) is 8.78. The Bertz CT molecular complexity index is 1240. The minimum absolute atomic E-state index is 0.143. The van der Waals surface area contributed by atoms with Gasteiger partial charge in [-0.15, -0.1) is 0 Å². The van der Waals surface area contributed by atoms with E-state index in [4.69, 9.17) is 0 Å². The van der Waals surface area contributed by atoms with Gasteiger partial charge in [-0.05, 0) is 19.1 Å². The number of aromatic carboxylic acids is 1. The van der Waals surface area contributed by atoms with E-state index in [0.717, 1.165) is 0 Å². The number of aromatic amines is 1. The SMILES string of the molecule is CCn1c(NN=Cc2c(Br)ccc(O)c2C(=O)O)nc2c1c(=O)[nH]c(=O)n2C. The highest BCUT2D eigenvalue weighted by molar-refractivity contribution is 9.10. The number of nitrogens with zero attached hydrogens (tertiary/aromatic N) is 4. The third-order valence-electron chi connectivity index (χ3n) is 4.07. The van der Waals surface area contributed by atoms with Crippen LogP contribution in [0.25, 0.3) is 11.2 Å². The summed E-state index contributed by atoms with van der Waals surface area (Å²) in [5, 5.41) is 23.1. The summed E-state index contributed by atoms with van der Waals surface area (Å²) >= 11 is 3.22. The first-order chi connectivity index (χ1) is 13.3. The van der Waals surface area contributed by atoms with Crippen molar-refractivity contribution in [1.29, 1.82) is 0 Å². The van der Waals surface area contributed by atoms with Gasteiger partial charge in [0.1, 0.15) is 11.3 Å². The number of imidazole rings is 1. The number of rotatable bonds is 5. The average Bonchev–Trinajstić information content (AvgIpc) is 3.01. The summed E-state index contributed by atoms with van der Waals surface area (Å²) in [5.74, 6) is -1.53. The van der Waals surface area contributed by atoms with Gasteiger partial charge in [-0.3, -0.25) is 14.3 Å². The van der Waals surface area contributed by atoms with Crippen LogP contribution in [0, 0.1) is 0 Å². The van der Waals surface area contributed by atoms with Crippen molar-refractivity contribution in [2.75, 3.05) is 5.43 Å². The van der Waals surface area contributed by atoms with E-state index >= 15 is 0 Å². The van der Waals surface area contributed by atoms with E-state index < -0.39 is 23.0 Å². The van der Waals surface area contributed by atoms with Gasteiger partial charge in [0.15, 0.2) is 11.2 Å². The molecule has 0 fully saturated rings. The Morgan fingerprint density at radius 2 is 2.14 bits per heavy atom. The quantitative estimate of drug-likeness (QED) is 0.334. The minimum Gasteiger partial charge on any atom is -0.507 e. The molecule has 0 saturated carbocycles. The van der Waals surface area contributed by atoms with Crippen LogP contribution in [-0.2, 0) is 13.6 Å². The number of carboxylic acids is 1. The maximum Gasteiger partial charge on any atom is 0.340 e. The van der Waals surface area contributed by atoms with E-state index in [-0.39, 0.29) is 28.2 Å². The van der Waals surface area contributed by atoms with E-state index in [1.54, 1.807) is 6.92 Å². The lowest BCUT2D eigenvalue weighted by Gasteiger charge is -2.07. The fourth-order valence-electron chi connectivity index (χ4n) is 2.72. The molecule has 0 atom stereocenters. The van der Waals surface area contributed by atoms with Crippen LogP contribution in [0.2, 0.25) is 0 Å². The predicted octanol–water partition coefficient (Wildman–Crippen LogP) is 1.06. The van der Waals surface area contributed by atoms with Gasteiger partial charge in [-0.2, -0.15) is 10.1 Å². The zero-order chi connectivity index (χ0) is 20.6. The number of carboxylic acid groups (broad SMARTS) is 1. The number of anilines is 1. The minimum atomic E-state index is -1.32. The Hall–Kier alpha value is -3.41. The van der Waals surface area contributed by atoms with Crippen molar-refractivity contribution in [3.63, 3.8) is 0 Å². The second kappa shape index (κ2) is 7.31. The molecule has 146 valence electrons. The van der Waals surface area contributed by atoms with Crippen LogP contribution in [0.5, 0.6) is 5.75 Å². The maximum atomic E-state index is 12.1. The summed E-state index contributed by atoms with van der Waals surface area (Å²) in [4.78, 5) is 41.8. The number of hydrazone groups is 1. The third kappa shape index (κ3) is 3.17. The van der Waals surface area contributed by atoms with E-state index in [2.05, 4.69) is 36.4 Å². The molecule has 0 aliphatic heterocycles. The molecule has 11 nitrogen and oxygen atoms in total. The number of hydrogen-bond acceptors (Lipinski definition) is 7. The van der Waals surface area contributed by atoms with Crippen molar-refractivity contribution in [2.45, 2.75) is 13.5 Å². The predicted molar refractivity (Wildman–Crippen MR) is 105 cm³/mol. The number of phenols is 1. The highest BCUT2D eigenvalue weighted by atomic mass is 79.9. The molecule has 3 aromatic rings. The number of aryl methyl sites for hydroxylation is 2. The van der Waals surface area contributed by atoms with Crippen LogP contribution in [0.15, 0.2) is 31.3 Å². The molecule has 3 rings (SSSR count). The standard InChI is InChI=1S/C16H15BrN6O5/c1-3-23-11-12(22(2)16(28)20-13(11)25)19-15(23)21-18-6-7-8(17)4-5-9(24)10(7)14(26)27/h4-6,24H,3H2,1-2H3,(H,19,21)(H,26,27)(H,20,25,28). The molecule has 0 bridgehead atoms. The fraction of sp³-hybridized carbons (Fsp3) is 0.188. The van der Waals surface area contributed by atoms with Gasteiger partial charge in [0, 0.05) is 23.6 Å². The van der Waals surface area contributed by atoms with Gasteiger partial charge in [0.05, 0.1) is 6.21 Å². The first-order valence-electron chi connectivity index (χ1n) is 7.99. The van der Waals surface area contributed by atoms with Gasteiger partial charge < -0.3 is 14.8 Å². The van der Waals surface area contributed by atoms with Crippen molar-refractivity contribution in [3.05, 3.63) is 48.6 Å². The molecule has 4 N–H and O–H groups in total. The molecule has 0 saturated heterocycles. The lowest BCUT2D eigenvalue weighted by Crippen LogP contribution is -2.29. The monoisotopic (exact) mass is 450 g/mol. The molecule has 0 radical (unpaired) electrons. The molecule has 0 aliphatic rings. The van der Waals surface area contributed by atoms with Crippen LogP contribution >= 0.6 is 15.9 Å². The Morgan fingerprint density at radius 1 is 1.43 bits per heavy atom. The largest absolute Gasteiger partial charge is 0.507 e.